The fourth-order valence-corrected chi connectivity index (χ4v) is 6.20. The number of hydrogen-bond donors (Lipinski definition) is 2. The summed E-state index contributed by atoms with van der Waals surface area (Å²) in [6.07, 6.45) is 2.65. The summed E-state index contributed by atoms with van der Waals surface area (Å²) < 4.78 is 26.8. The van der Waals surface area contributed by atoms with Gasteiger partial charge in [-0.25, -0.2) is 13.1 Å². The predicted molar refractivity (Wildman–Crippen MR) is 135 cm³/mol. The first kappa shape index (κ1) is 22.6. The number of benzene rings is 3. The van der Waals surface area contributed by atoms with Crippen LogP contribution in [0.25, 0.3) is 6.08 Å². The summed E-state index contributed by atoms with van der Waals surface area (Å²) in [5.41, 5.74) is 6.36. The first-order valence-corrected chi connectivity index (χ1v) is 13.2. The average Bonchev–Trinajstić information content (AvgIpc) is 2.87. The third-order valence-electron chi connectivity index (χ3n) is 6.88. The van der Waals surface area contributed by atoms with E-state index in [1.165, 1.54) is 28.3 Å². The van der Waals surface area contributed by atoms with Gasteiger partial charge in [-0.2, -0.15) is 0 Å². The Morgan fingerprint density at radius 1 is 0.853 bits per heavy atom. The molecule has 3 aliphatic rings. The molecule has 0 heterocycles. The highest BCUT2D eigenvalue weighted by Crippen LogP contribution is 2.55. The molecule has 3 aromatic carbocycles. The number of nitrogens with one attached hydrogen (secondary N) is 2. The molecule has 1 unspecified atom stereocenters. The first-order chi connectivity index (χ1) is 16.5. The monoisotopic (exact) mass is 472 g/mol. The maximum absolute atomic E-state index is 12.5. The van der Waals surface area contributed by atoms with Gasteiger partial charge in [-0.1, -0.05) is 78.9 Å². The van der Waals surface area contributed by atoms with Crippen molar-refractivity contribution in [1.82, 2.24) is 10.0 Å². The number of carbonyl (C=O) groups is 1. The fourth-order valence-electron chi connectivity index (χ4n) is 5.38. The molecule has 0 aliphatic heterocycles. The Kier molecular flexibility index (Phi) is 6.35. The number of fused-ring (bicyclic) bond motifs is 1. The molecule has 6 rings (SSSR count). The minimum atomic E-state index is -3.60. The molecule has 3 aromatic rings. The van der Waals surface area contributed by atoms with Gasteiger partial charge in [0.1, 0.15) is 0 Å². The highest BCUT2D eigenvalue weighted by Gasteiger charge is 2.42. The largest absolute Gasteiger partial charge is 0.356 e. The molecule has 3 aliphatic carbocycles. The highest BCUT2D eigenvalue weighted by atomic mass is 32.2. The zero-order chi connectivity index (χ0) is 23.5. The van der Waals surface area contributed by atoms with Crippen molar-refractivity contribution in [3.63, 3.8) is 0 Å². The third kappa shape index (κ3) is 4.69. The lowest BCUT2D eigenvalue weighted by molar-refractivity contribution is -0.121. The van der Waals surface area contributed by atoms with E-state index in [0.717, 1.165) is 17.4 Å². The fraction of sp³-hybridized carbons (Fsp3) is 0.250. The number of carbonyl (C=O) groups excluding carboxylic acids is 1. The first-order valence-electron chi connectivity index (χ1n) is 11.7. The van der Waals surface area contributed by atoms with Crippen molar-refractivity contribution in [3.8, 4) is 0 Å². The van der Waals surface area contributed by atoms with Crippen molar-refractivity contribution in [2.24, 2.45) is 5.92 Å². The van der Waals surface area contributed by atoms with Crippen LogP contribution in [0.4, 0.5) is 0 Å². The standard InChI is InChI=1S/C28H28N2O3S/c31-27(14-16-30-34(32,33)17-15-20-8-2-1-3-9-20)29-19-21-18-26-22-10-4-6-12-24(22)28(21)25-13-7-5-11-23(25)26/h1-13,15,17,21,26,28,30H,14,16,18-19H2,(H,29,31)/b17-15+. The maximum Gasteiger partial charge on any atom is 0.233 e. The lowest BCUT2D eigenvalue weighted by Crippen LogP contribution is -2.40. The van der Waals surface area contributed by atoms with Gasteiger partial charge in [0, 0.05) is 36.8 Å². The molecule has 0 fully saturated rings. The van der Waals surface area contributed by atoms with Crippen LogP contribution in [0, 0.1) is 5.92 Å². The third-order valence-corrected chi connectivity index (χ3v) is 7.98. The van der Waals surface area contributed by atoms with Crippen molar-refractivity contribution >= 4 is 22.0 Å². The van der Waals surface area contributed by atoms with Gasteiger partial charge in [0.2, 0.25) is 15.9 Å². The van der Waals surface area contributed by atoms with Crippen LogP contribution in [0.1, 0.15) is 52.5 Å². The highest BCUT2D eigenvalue weighted by molar-refractivity contribution is 7.92. The summed E-state index contributed by atoms with van der Waals surface area (Å²) in [7, 11) is -3.60. The van der Waals surface area contributed by atoms with Gasteiger partial charge >= 0.3 is 0 Å². The van der Waals surface area contributed by atoms with Crippen LogP contribution in [0.2, 0.25) is 0 Å². The summed E-state index contributed by atoms with van der Waals surface area (Å²) in [5, 5.41) is 4.18. The predicted octanol–water partition coefficient (Wildman–Crippen LogP) is 4.38. The van der Waals surface area contributed by atoms with Crippen molar-refractivity contribution in [1.29, 1.82) is 0 Å². The van der Waals surface area contributed by atoms with E-state index in [1.54, 1.807) is 0 Å². The Bertz CT molecular complexity index is 1270. The summed E-state index contributed by atoms with van der Waals surface area (Å²) in [4.78, 5) is 12.5. The van der Waals surface area contributed by atoms with Gasteiger partial charge < -0.3 is 5.32 Å². The Labute approximate surface area is 201 Å². The van der Waals surface area contributed by atoms with Crippen molar-refractivity contribution < 1.29 is 13.2 Å². The molecule has 1 atom stereocenters. The van der Waals surface area contributed by atoms with E-state index in [2.05, 4.69) is 58.6 Å². The van der Waals surface area contributed by atoms with Crippen LogP contribution in [-0.2, 0) is 14.8 Å². The Balaban J connectivity index is 1.16. The second-order valence-electron chi connectivity index (χ2n) is 8.99. The molecule has 34 heavy (non-hydrogen) atoms. The zero-order valence-electron chi connectivity index (χ0n) is 18.9. The van der Waals surface area contributed by atoms with Gasteiger partial charge in [-0.3, -0.25) is 4.79 Å². The lowest BCUT2D eigenvalue weighted by Gasteiger charge is -2.45. The van der Waals surface area contributed by atoms with E-state index >= 15 is 0 Å². The number of amides is 1. The summed E-state index contributed by atoms with van der Waals surface area (Å²) in [6, 6.07) is 26.5. The Hall–Kier alpha value is -3.22. The van der Waals surface area contributed by atoms with E-state index < -0.39 is 10.0 Å². The molecular weight excluding hydrogens is 444 g/mol. The quantitative estimate of drug-likeness (QED) is 0.511. The molecular formula is C28H28N2O3S. The molecule has 2 N–H and O–H groups in total. The molecule has 6 heteroatoms. The maximum atomic E-state index is 12.5. The Morgan fingerprint density at radius 3 is 2.09 bits per heavy atom. The summed E-state index contributed by atoms with van der Waals surface area (Å²) in [6.45, 7) is 0.652. The number of hydrogen-bond acceptors (Lipinski definition) is 3. The smallest absolute Gasteiger partial charge is 0.233 e. The van der Waals surface area contributed by atoms with Crippen LogP contribution in [0.15, 0.2) is 84.3 Å². The van der Waals surface area contributed by atoms with E-state index in [-0.39, 0.29) is 24.8 Å². The Morgan fingerprint density at radius 2 is 1.44 bits per heavy atom. The summed E-state index contributed by atoms with van der Waals surface area (Å²) >= 11 is 0. The zero-order valence-corrected chi connectivity index (χ0v) is 19.7. The molecule has 174 valence electrons. The van der Waals surface area contributed by atoms with E-state index in [4.69, 9.17) is 0 Å². The normalized spacial score (nSPS) is 20.6. The van der Waals surface area contributed by atoms with Crippen molar-refractivity contribution in [2.75, 3.05) is 13.1 Å². The molecule has 0 aromatic heterocycles. The van der Waals surface area contributed by atoms with Crippen LogP contribution < -0.4 is 10.0 Å². The number of rotatable bonds is 8. The van der Waals surface area contributed by atoms with Gasteiger partial charge in [-0.15, -0.1) is 0 Å². The van der Waals surface area contributed by atoms with E-state index in [0.29, 0.717) is 18.4 Å². The lowest BCUT2D eigenvalue weighted by atomic mass is 9.59. The molecule has 0 radical (unpaired) electrons. The van der Waals surface area contributed by atoms with E-state index in [9.17, 15) is 13.2 Å². The molecule has 0 saturated carbocycles. The van der Waals surface area contributed by atoms with Gasteiger partial charge in [0.05, 0.1) is 0 Å². The topological polar surface area (TPSA) is 75.3 Å². The average molecular weight is 473 g/mol. The molecule has 1 amide bonds. The number of sulfonamides is 1. The molecule has 5 nitrogen and oxygen atoms in total. The minimum Gasteiger partial charge on any atom is -0.356 e. The van der Waals surface area contributed by atoms with Crippen LogP contribution in [-0.4, -0.2) is 27.4 Å². The SMILES string of the molecule is O=C(CCNS(=O)(=O)/C=C/c1ccccc1)NCC1CC2c3ccccc3C1c1ccccc12. The summed E-state index contributed by atoms with van der Waals surface area (Å²) in [5.74, 6) is 0.823. The van der Waals surface area contributed by atoms with Crippen LogP contribution >= 0.6 is 0 Å². The second kappa shape index (κ2) is 9.57. The van der Waals surface area contributed by atoms with Gasteiger partial charge in [0.15, 0.2) is 0 Å². The molecule has 0 saturated heterocycles. The minimum absolute atomic E-state index is 0.0652. The van der Waals surface area contributed by atoms with Crippen LogP contribution in [0.3, 0.4) is 0 Å². The van der Waals surface area contributed by atoms with E-state index in [1.807, 2.05) is 30.3 Å². The van der Waals surface area contributed by atoms with Crippen LogP contribution in [0.5, 0.6) is 0 Å². The molecule has 0 spiro atoms. The van der Waals surface area contributed by atoms with Crippen molar-refractivity contribution in [2.45, 2.75) is 24.7 Å². The van der Waals surface area contributed by atoms with Crippen molar-refractivity contribution in [3.05, 3.63) is 112 Å². The van der Waals surface area contributed by atoms with Gasteiger partial charge in [0.25, 0.3) is 0 Å². The second-order valence-corrected chi connectivity index (χ2v) is 10.6. The molecule has 2 bridgehead atoms. The van der Waals surface area contributed by atoms with Gasteiger partial charge in [-0.05, 0) is 46.2 Å².